The predicted octanol–water partition coefficient (Wildman–Crippen LogP) is 2.47. The monoisotopic (exact) mass is 252 g/mol. The molecule has 1 N–H and O–H groups in total. The minimum atomic E-state index is -0.364. The number of amides is 2. The Bertz CT molecular complexity index is 429. The molecule has 98 valence electrons. The number of urea groups is 1. The Balaban J connectivity index is 1.99. The second-order valence-corrected chi connectivity index (χ2v) is 4.60. The quantitative estimate of drug-likeness (QED) is 0.834. The van der Waals surface area contributed by atoms with Gasteiger partial charge < -0.3 is 15.0 Å². The van der Waals surface area contributed by atoms with Crippen molar-refractivity contribution in [2.45, 2.75) is 26.1 Å². The van der Waals surface area contributed by atoms with Crippen molar-refractivity contribution < 1.29 is 13.9 Å². The van der Waals surface area contributed by atoms with Gasteiger partial charge in [-0.15, -0.1) is 0 Å². The molecule has 1 heterocycles. The lowest BCUT2D eigenvalue weighted by molar-refractivity contribution is -0.0530. The van der Waals surface area contributed by atoms with Crippen LogP contribution in [0.5, 0.6) is 0 Å². The Kier molecular flexibility index (Phi) is 3.81. The summed E-state index contributed by atoms with van der Waals surface area (Å²) in [7, 11) is 0. The van der Waals surface area contributed by atoms with E-state index < -0.39 is 0 Å². The topological polar surface area (TPSA) is 41.6 Å². The molecule has 2 amide bonds. The number of hydrogen-bond donors (Lipinski definition) is 1. The number of halogens is 1. The molecule has 1 saturated heterocycles. The molecule has 4 nitrogen and oxygen atoms in total. The van der Waals surface area contributed by atoms with Crippen LogP contribution in [0.1, 0.15) is 13.8 Å². The Morgan fingerprint density at radius 1 is 1.39 bits per heavy atom. The van der Waals surface area contributed by atoms with E-state index in [1.54, 1.807) is 17.0 Å². The zero-order chi connectivity index (χ0) is 13.1. The van der Waals surface area contributed by atoms with Crippen molar-refractivity contribution in [2.75, 3.05) is 18.4 Å². The number of rotatable bonds is 1. The first-order chi connectivity index (χ1) is 8.54. The van der Waals surface area contributed by atoms with E-state index in [9.17, 15) is 9.18 Å². The summed E-state index contributed by atoms with van der Waals surface area (Å²) in [6, 6.07) is 5.64. The molecule has 0 spiro atoms. The van der Waals surface area contributed by atoms with E-state index in [0.717, 1.165) is 0 Å². The molecule has 5 heteroatoms. The number of ether oxygens (including phenoxy) is 1. The van der Waals surface area contributed by atoms with E-state index in [2.05, 4.69) is 5.32 Å². The Morgan fingerprint density at radius 2 is 2.06 bits per heavy atom. The summed E-state index contributed by atoms with van der Waals surface area (Å²) < 4.78 is 18.6. The normalized spacial score (nSPS) is 23.8. The van der Waals surface area contributed by atoms with Gasteiger partial charge in [0, 0.05) is 18.8 Å². The molecule has 0 bridgehead atoms. The lowest BCUT2D eigenvalue weighted by Gasteiger charge is -2.35. The van der Waals surface area contributed by atoms with Crippen LogP contribution in [-0.4, -0.2) is 36.2 Å². The number of nitrogens with zero attached hydrogens (tertiary/aromatic N) is 1. The Hall–Kier alpha value is -1.62. The Labute approximate surface area is 106 Å². The first kappa shape index (κ1) is 12.8. The summed E-state index contributed by atoms with van der Waals surface area (Å²) in [6.45, 7) is 4.95. The van der Waals surface area contributed by atoms with Gasteiger partial charge in [0.1, 0.15) is 5.82 Å². The SMILES string of the molecule is CC1CN(C(=O)Nc2cccc(F)c2)CC(C)O1. The van der Waals surface area contributed by atoms with Gasteiger partial charge in [0.2, 0.25) is 0 Å². The maximum Gasteiger partial charge on any atom is 0.322 e. The summed E-state index contributed by atoms with van der Waals surface area (Å²) >= 11 is 0. The van der Waals surface area contributed by atoms with Gasteiger partial charge in [0.05, 0.1) is 12.2 Å². The van der Waals surface area contributed by atoms with Gasteiger partial charge in [-0.05, 0) is 32.0 Å². The van der Waals surface area contributed by atoms with Crippen LogP contribution in [0.15, 0.2) is 24.3 Å². The number of benzene rings is 1. The molecule has 1 aromatic rings. The molecule has 0 saturated carbocycles. The molecule has 1 aliphatic rings. The summed E-state index contributed by atoms with van der Waals surface area (Å²) in [5.74, 6) is -0.364. The van der Waals surface area contributed by atoms with Crippen molar-refractivity contribution in [3.63, 3.8) is 0 Å². The Morgan fingerprint density at radius 3 is 2.67 bits per heavy atom. The van der Waals surface area contributed by atoms with E-state index in [-0.39, 0.29) is 24.1 Å². The highest BCUT2D eigenvalue weighted by atomic mass is 19.1. The molecule has 1 aromatic carbocycles. The van der Waals surface area contributed by atoms with E-state index in [1.807, 2.05) is 13.8 Å². The first-order valence-electron chi connectivity index (χ1n) is 6.01. The second-order valence-electron chi connectivity index (χ2n) is 4.60. The molecule has 0 aliphatic carbocycles. The summed E-state index contributed by atoms with van der Waals surface area (Å²) in [5, 5.41) is 2.68. The maximum absolute atomic E-state index is 13.0. The molecule has 2 rings (SSSR count). The second kappa shape index (κ2) is 5.35. The third-order valence-corrected chi connectivity index (χ3v) is 2.78. The standard InChI is InChI=1S/C13H17FN2O2/c1-9-7-16(8-10(2)18-9)13(17)15-12-5-3-4-11(14)6-12/h3-6,9-10H,7-8H2,1-2H3,(H,15,17). The number of morpholine rings is 1. The fourth-order valence-corrected chi connectivity index (χ4v) is 2.11. The van der Waals surface area contributed by atoms with Crippen LogP contribution in [0.4, 0.5) is 14.9 Å². The van der Waals surface area contributed by atoms with Crippen LogP contribution in [-0.2, 0) is 4.74 Å². The smallest absolute Gasteiger partial charge is 0.322 e. The van der Waals surface area contributed by atoms with E-state index in [4.69, 9.17) is 4.74 Å². The van der Waals surface area contributed by atoms with Crippen molar-refractivity contribution in [1.29, 1.82) is 0 Å². The summed E-state index contributed by atoms with van der Waals surface area (Å²) in [6.07, 6.45) is 0.0408. The maximum atomic E-state index is 13.0. The zero-order valence-corrected chi connectivity index (χ0v) is 10.5. The number of carbonyl (C=O) groups is 1. The molecule has 1 aliphatic heterocycles. The lowest BCUT2D eigenvalue weighted by Crippen LogP contribution is -2.49. The molecule has 0 radical (unpaired) electrons. The predicted molar refractivity (Wildman–Crippen MR) is 67.0 cm³/mol. The highest BCUT2D eigenvalue weighted by Gasteiger charge is 2.25. The number of nitrogens with one attached hydrogen (secondary N) is 1. The number of carbonyl (C=O) groups excluding carboxylic acids is 1. The van der Waals surface area contributed by atoms with Gasteiger partial charge >= 0.3 is 6.03 Å². The molecule has 1 fully saturated rings. The molecule has 2 atom stereocenters. The van der Waals surface area contributed by atoms with Crippen molar-refractivity contribution in [3.8, 4) is 0 Å². The highest BCUT2D eigenvalue weighted by molar-refractivity contribution is 5.89. The first-order valence-corrected chi connectivity index (χ1v) is 6.01. The van der Waals surface area contributed by atoms with Crippen molar-refractivity contribution in [3.05, 3.63) is 30.1 Å². The molecular formula is C13H17FN2O2. The number of anilines is 1. The highest BCUT2D eigenvalue weighted by Crippen LogP contribution is 2.14. The van der Waals surface area contributed by atoms with Gasteiger partial charge in [0.15, 0.2) is 0 Å². The van der Waals surface area contributed by atoms with Gasteiger partial charge in [-0.1, -0.05) is 6.07 Å². The third kappa shape index (κ3) is 3.20. The minimum Gasteiger partial charge on any atom is -0.372 e. The van der Waals surface area contributed by atoms with Gasteiger partial charge in [0.25, 0.3) is 0 Å². The van der Waals surface area contributed by atoms with Gasteiger partial charge in [-0.25, -0.2) is 9.18 Å². The summed E-state index contributed by atoms with van der Waals surface area (Å²) in [5.41, 5.74) is 0.465. The van der Waals surface area contributed by atoms with Crippen LogP contribution < -0.4 is 5.32 Å². The minimum absolute atomic E-state index is 0.0204. The fourth-order valence-electron chi connectivity index (χ4n) is 2.11. The van der Waals surface area contributed by atoms with Crippen LogP contribution in [0.25, 0.3) is 0 Å². The van der Waals surface area contributed by atoms with Crippen LogP contribution >= 0.6 is 0 Å². The zero-order valence-electron chi connectivity index (χ0n) is 10.5. The largest absolute Gasteiger partial charge is 0.372 e. The molecule has 18 heavy (non-hydrogen) atoms. The molecular weight excluding hydrogens is 235 g/mol. The van der Waals surface area contributed by atoms with Crippen molar-refractivity contribution >= 4 is 11.7 Å². The molecule has 0 aromatic heterocycles. The average molecular weight is 252 g/mol. The van der Waals surface area contributed by atoms with Crippen molar-refractivity contribution in [1.82, 2.24) is 4.90 Å². The van der Waals surface area contributed by atoms with Gasteiger partial charge in [-0.2, -0.15) is 0 Å². The van der Waals surface area contributed by atoms with E-state index in [1.165, 1.54) is 12.1 Å². The third-order valence-electron chi connectivity index (χ3n) is 2.78. The van der Waals surface area contributed by atoms with Crippen LogP contribution in [0, 0.1) is 5.82 Å². The number of hydrogen-bond acceptors (Lipinski definition) is 2. The van der Waals surface area contributed by atoms with E-state index >= 15 is 0 Å². The fraction of sp³-hybridized carbons (Fsp3) is 0.462. The van der Waals surface area contributed by atoms with Gasteiger partial charge in [-0.3, -0.25) is 0 Å². The average Bonchev–Trinajstić information content (AvgIpc) is 2.27. The van der Waals surface area contributed by atoms with E-state index in [0.29, 0.717) is 18.8 Å². The van der Waals surface area contributed by atoms with Crippen molar-refractivity contribution in [2.24, 2.45) is 0 Å². The summed E-state index contributed by atoms with van der Waals surface area (Å²) in [4.78, 5) is 13.7. The van der Waals surface area contributed by atoms with Crippen LogP contribution in [0.2, 0.25) is 0 Å². The van der Waals surface area contributed by atoms with Crippen LogP contribution in [0.3, 0.4) is 0 Å². The molecule has 2 unspecified atom stereocenters. The lowest BCUT2D eigenvalue weighted by atomic mass is 10.2.